The standard InChI is InChI=1S/C16H13N5O2S4/c22-12(5-6-13-18-14(21-23-13)11-4-2-8-25-11)17-15-19-20-16(27-15)26-9-10-3-1-7-24-10/h1-4,7-8H,5-6,9H2,(H,17,19,22). The highest BCUT2D eigenvalue weighted by Gasteiger charge is 2.13. The van der Waals surface area contributed by atoms with Crippen LogP contribution in [0.4, 0.5) is 5.13 Å². The number of carbonyl (C=O) groups excluding carboxylic acids is 1. The van der Waals surface area contributed by atoms with E-state index in [4.69, 9.17) is 4.52 Å². The van der Waals surface area contributed by atoms with Crippen molar-refractivity contribution in [3.05, 3.63) is 45.8 Å². The summed E-state index contributed by atoms with van der Waals surface area (Å²) in [6.45, 7) is 0. The summed E-state index contributed by atoms with van der Waals surface area (Å²) in [5.41, 5.74) is 0. The molecule has 4 aromatic heterocycles. The molecule has 4 rings (SSSR count). The van der Waals surface area contributed by atoms with Crippen molar-refractivity contribution in [1.29, 1.82) is 0 Å². The molecule has 0 atom stereocenters. The molecule has 0 aliphatic carbocycles. The molecule has 0 saturated carbocycles. The average molecular weight is 436 g/mol. The molecule has 27 heavy (non-hydrogen) atoms. The number of hydrogen-bond acceptors (Lipinski definition) is 10. The summed E-state index contributed by atoms with van der Waals surface area (Å²) >= 11 is 6.23. The number of aryl methyl sites for hydroxylation is 1. The van der Waals surface area contributed by atoms with E-state index in [1.54, 1.807) is 34.4 Å². The molecule has 0 aliphatic rings. The number of rotatable bonds is 8. The minimum absolute atomic E-state index is 0.156. The van der Waals surface area contributed by atoms with E-state index >= 15 is 0 Å². The van der Waals surface area contributed by atoms with E-state index in [1.165, 1.54) is 16.2 Å². The molecule has 0 saturated heterocycles. The lowest BCUT2D eigenvalue weighted by Crippen LogP contribution is -2.12. The van der Waals surface area contributed by atoms with Gasteiger partial charge in [-0.2, -0.15) is 4.98 Å². The van der Waals surface area contributed by atoms with Gasteiger partial charge >= 0.3 is 0 Å². The summed E-state index contributed by atoms with van der Waals surface area (Å²) < 4.78 is 6.03. The molecular formula is C16H13N5O2S4. The fourth-order valence-electron chi connectivity index (χ4n) is 2.11. The number of amides is 1. The molecule has 0 bridgehead atoms. The van der Waals surface area contributed by atoms with Gasteiger partial charge in [0.25, 0.3) is 0 Å². The molecule has 0 aliphatic heterocycles. The first-order valence-corrected chi connectivity index (χ1v) is 11.5. The maximum Gasteiger partial charge on any atom is 0.227 e. The quantitative estimate of drug-likeness (QED) is 0.320. The molecule has 11 heteroatoms. The molecule has 7 nitrogen and oxygen atoms in total. The first kappa shape index (κ1) is 18.3. The van der Waals surface area contributed by atoms with Crippen molar-refractivity contribution >= 4 is 56.8 Å². The maximum absolute atomic E-state index is 12.1. The van der Waals surface area contributed by atoms with Gasteiger partial charge in [-0.15, -0.1) is 32.9 Å². The van der Waals surface area contributed by atoms with Crippen molar-refractivity contribution in [3.63, 3.8) is 0 Å². The Morgan fingerprint density at radius 1 is 1.19 bits per heavy atom. The minimum Gasteiger partial charge on any atom is -0.339 e. The zero-order valence-electron chi connectivity index (χ0n) is 13.8. The molecule has 0 radical (unpaired) electrons. The van der Waals surface area contributed by atoms with E-state index in [0.29, 0.717) is 23.3 Å². The van der Waals surface area contributed by atoms with Crippen LogP contribution in [0.15, 0.2) is 43.9 Å². The molecule has 0 aromatic carbocycles. The van der Waals surface area contributed by atoms with Crippen LogP contribution in [0.3, 0.4) is 0 Å². The number of carbonyl (C=O) groups is 1. The number of nitrogens with zero attached hydrogens (tertiary/aromatic N) is 4. The predicted molar refractivity (Wildman–Crippen MR) is 108 cm³/mol. The topological polar surface area (TPSA) is 93.8 Å². The van der Waals surface area contributed by atoms with Crippen molar-refractivity contribution < 1.29 is 9.32 Å². The predicted octanol–water partition coefficient (Wildman–Crippen LogP) is 4.57. The van der Waals surface area contributed by atoms with Crippen molar-refractivity contribution in [1.82, 2.24) is 20.3 Å². The number of anilines is 1. The van der Waals surface area contributed by atoms with Gasteiger partial charge in [-0.05, 0) is 22.9 Å². The van der Waals surface area contributed by atoms with Gasteiger partial charge < -0.3 is 9.84 Å². The zero-order valence-corrected chi connectivity index (χ0v) is 17.1. The number of aromatic nitrogens is 4. The Hall–Kier alpha value is -2.08. The van der Waals surface area contributed by atoms with E-state index in [-0.39, 0.29) is 12.3 Å². The summed E-state index contributed by atoms with van der Waals surface area (Å²) in [7, 11) is 0. The number of thiophene rings is 2. The largest absolute Gasteiger partial charge is 0.339 e. The van der Waals surface area contributed by atoms with Crippen molar-refractivity contribution in [3.8, 4) is 10.7 Å². The Labute approximate surface area is 170 Å². The highest BCUT2D eigenvalue weighted by molar-refractivity contribution is 8.00. The van der Waals surface area contributed by atoms with Gasteiger partial charge in [0.05, 0.1) is 4.88 Å². The van der Waals surface area contributed by atoms with Crippen LogP contribution in [-0.2, 0) is 17.0 Å². The van der Waals surface area contributed by atoms with E-state index in [1.807, 2.05) is 23.6 Å². The summed E-state index contributed by atoms with van der Waals surface area (Å²) in [6.07, 6.45) is 0.617. The summed E-state index contributed by atoms with van der Waals surface area (Å²) in [6, 6.07) is 7.97. The molecule has 0 unspecified atom stereocenters. The third-order valence-electron chi connectivity index (χ3n) is 3.35. The van der Waals surface area contributed by atoms with E-state index in [0.717, 1.165) is 15.0 Å². The molecule has 1 N–H and O–H groups in total. The Morgan fingerprint density at radius 3 is 2.89 bits per heavy atom. The number of nitrogens with one attached hydrogen (secondary N) is 1. The summed E-state index contributed by atoms with van der Waals surface area (Å²) in [5, 5.41) is 19.3. The van der Waals surface area contributed by atoms with Gasteiger partial charge in [0, 0.05) is 23.5 Å². The Kier molecular flexibility index (Phi) is 5.92. The third-order valence-corrected chi connectivity index (χ3v) is 7.29. The van der Waals surface area contributed by atoms with E-state index in [9.17, 15) is 4.79 Å². The monoisotopic (exact) mass is 435 g/mol. The fraction of sp³-hybridized carbons (Fsp3) is 0.188. The second kappa shape index (κ2) is 8.74. The highest BCUT2D eigenvalue weighted by Crippen LogP contribution is 2.29. The van der Waals surface area contributed by atoms with Crippen molar-refractivity contribution in [2.45, 2.75) is 22.9 Å². The maximum atomic E-state index is 12.1. The van der Waals surface area contributed by atoms with Crippen LogP contribution in [0, 0.1) is 0 Å². The van der Waals surface area contributed by atoms with Crippen LogP contribution in [-0.4, -0.2) is 26.2 Å². The third kappa shape index (κ3) is 5.01. The zero-order chi connectivity index (χ0) is 18.5. The van der Waals surface area contributed by atoms with Gasteiger partial charge in [-0.3, -0.25) is 4.79 Å². The molecule has 4 heterocycles. The lowest BCUT2D eigenvalue weighted by Gasteiger charge is -1.98. The minimum atomic E-state index is -0.156. The normalized spacial score (nSPS) is 11.0. The number of hydrogen-bond donors (Lipinski definition) is 1. The van der Waals surface area contributed by atoms with Crippen molar-refractivity contribution in [2.24, 2.45) is 0 Å². The molecule has 0 spiro atoms. The highest BCUT2D eigenvalue weighted by atomic mass is 32.2. The van der Waals surface area contributed by atoms with Crippen molar-refractivity contribution in [2.75, 3.05) is 5.32 Å². The Bertz CT molecular complexity index is 994. The van der Waals surface area contributed by atoms with Crippen LogP contribution in [0.25, 0.3) is 10.7 Å². The van der Waals surface area contributed by atoms with E-state index < -0.39 is 0 Å². The van der Waals surface area contributed by atoms with Gasteiger partial charge in [-0.1, -0.05) is 40.4 Å². The van der Waals surface area contributed by atoms with Gasteiger partial charge in [-0.25, -0.2) is 0 Å². The van der Waals surface area contributed by atoms with E-state index in [2.05, 4.69) is 37.1 Å². The van der Waals surface area contributed by atoms with Crippen LogP contribution in [0.2, 0.25) is 0 Å². The number of thioether (sulfide) groups is 1. The SMILES string of the molecule is O=C(CCc1nc(-c2cccs2)no1)Nc1nnc(SCc2cccs2)s1. The lowest BCUT2D eigenvalue weighted by atomic mass is 10.3. The summed E-state index contributed by atoms with van der Waals surface area (Å²) in [4.78, 5) is 18.6. The lowest BCUT2D eigenvalue weighted by molar-refractivity contribution is -0.116. The molecule has 1 amide bonds. The van der Waals surface area contributed by atoms with Gasteiger partial charge in [0.2, 0.25) is 22.8 Å². The first-order valence-electron chi connectivity index (χ1n) is 7.91. The Balaban J connectivity index is 1.25. The Morgan fingerprint density at radius 2 is 2.07 bits per heavy atom. The second-order valence-corrected chi connectivity index (χ2v) is 9.46. The van der Waals surface area contributed by atoms with Crippen LogP contribution in [0.1, 0.15) is 17.2 Å². The smallest absolute Gasteiger partial charge is 0.227 e. The molecule has 138 valence electrons. The molecule has 4 aromatic rings. The van der Waals surface area contributed by atoms with Crippen LogP contribution < -0.4 is 5.32 Å². The average Bonchev–Trinajstić information content (AvgIpc) is 3.47. The van der Waals surface area contributed by atoms with Crippen LogP contribution in [0.5, 0.6) is 0 Å². The first-order chi connectivity index (χ1) is 13.3. The fourth-order valence-corrected chi connectivity index (χ4v) is 5.30. The second-order valence-electron chi connectivity index (χ2n) is 5.28. The van der Waals surface area contributed by atoms with Gasteiger partial charge in [0.15, 0.2) is 4.34 Å². The summed E-state index contributed by atoms with van der Waals surface area (Å²) in [5.74, 6) is 1.69. The van der Waals surface area contributed by atoms with Gasteiger partial charge in [0.1, 0.15) is 0 Å². The molecule has 0 fully saturated rings. The van der Waals surface area contributed by atoms with Crippen LogP contribution >= 0.6 is 45.8 Å². The molecular weight excluding hydrogens is 422 g/mol.